The van der Waals surface area contributed by atoms with E-state index < -0.39 is 11.6 Å². The highest BCUT2D eigenvalue weighted by Gasteiger charge is 2.52. The zero-order valence-electron chi connectivity index (χ0n) is 9.99. The Morgan fingerprint density at radius 2 is 2.22 bits per heavy atom. The first-order chi connectivity index (χ1) is 8.61. The van der Waals surface area contributed by atoms with Crippen LogP contribution in [0.2, 0.25) is 0 Å². The highest BCUT2D eigenvalue weighted by molar-refractivity contribution is 6.07. The Balaban J connectivity index is 1.69. The van der Waals surface area contributed by atoms with E-state index in [1.807, 2.05) is 0 Å². The highest BCUT2D eigenvalue weighted by atomic mass is 16.2. The number of carbonyl (C=O) groups is 3. The van der Waals surface area contributed by atoms with Gasteiger partial charge in [-0.05, 0) is 19.4 Å². The molecule has 0 aromatic rings. The van der Waals surface area contributed by atoms with E-state index in [1.165, 1.54) is 0 Å². The van der Waals surface area contributed by atoms with Gasteiger partial charge in [-0.2, -0.15) is 0 Å². The fraction of sp³-hybridized carbons (Fsp3) is 0.727. The van der Waals surface area contributed by atoms with Gasteiger partial charge in [0.15, 0.2) is 0 Å². The molecule has 3 saturated heterocycles. The van der Waals surface area contributed by atoms with E-state index in [0.29, 0.717) is 26.1 Å². The van der Waals surface area contributed by atoms with Gasteiger partial charge in [-0.15, -0.1) is 0 Å². The van der Waals surface area contributed by atoms with Crippen molar-refractivity contribution < 1.29 is 14.4 Å². The van der Waals surface area contributed by atoms with Gasteiger partial charge in [0.2, 0.25) is 5.91 Å². The van der Waals surface area contributed by atoms with Crippen LogP contribution in [0, 0.1) is 5.92 Å². The first-order valence-electron chi connectivity index (χ1n) is 6.24. The molecular weight excluding hydrogens is 236 g/mol. The second-order valence-corrected chi connectivity index (χ2v) is 5.19. The van der Waals surface area contributed by atoms with E-state index in [1.54, 1.807) is 4.90 Å². The van der Waals surface area contributed by atoms with Crippen LogP contribution in [0.3, 0.4) is 0 Å². The van der Waals surface area contributed by atoms with Crippen molar-refractivity contribution in [2.45, 2.75) is 18.4 Å². The molecule has 4 amide bonds. The van der Waals surface area contributed by atoms with Crippen molar-refractivity contribution in [2.75, 3.05) is 26.2 Å². The lowest BCUT2D eigenvalue weighted by Crippen LogP contribution is -2.50. The van der Waals surface area contributed by atoms with Crippen molar-refractivity contribution in [1.82, 2.24) is 20.9 Å². The Morgan fingerprint density at radius 1 is 1.39 bits per heavy atom. The predicted octanol–water partition coefficient (Wildman–Crippen LogP) is -1.59. The lowest BCUT2D eigenvalue weighted by molar-refractivity contribution is -0.134. The number of urea groups is 1. The molecule has 0 aromatic carbocycles. The van der Waals surface area contributed by atoms with Crippen LogP contribution < -0.4 is 16.0 Å². The lowest BCUT2D eigenvalue weighted by atomic mass is 9.99. The Kier molecular flexibility index (Phi) is 2.51. The quantitative estimate of drug-likeness (QED) is 0.491. The molecule has 3 aliphatic heterocycles. The molecular formula is C11H16N4O3. The average molecular weight is 252 g/mol. The molecule has 2 atom stereocenters. The summed E-state index contributed by atoms with van der Waals surface area (Å²) in [6, 6.07) is -0.461. The number of nitrogens with one attached hydrogen (secondary N) is 3. The average Bonchev–Trinajstić information content (AvgIpc) is 3.01. The van der Waals surface area contributed by atoms with Gasteiger partial charge in [0.1, 0.15) is 5.54 Å². The lowest BCUT2D eigenvalue weighted by Gasteiger charge is -2.23. The number of nitrogens with zero attached hydrogens (tertiary/aromatic N) is 1. The predicted molar refractivity (Wildman–Crippen MR) is 61.6 cm³/mol. The molecule has 0 saturated carbocycles. The maximum atomic E-state index is 12.2. The van der Waals surface area contributed by atoms with Crippen LogP contribution in [0.15, 0.2) is 0 Å². The maximum absolute atomic E-state index is 12.2. The third-order valence-corrected chi connectivity index (χ3v) is 4.01. The fourth-order valence-electron chi connectivity index (χ4n) is 2.94. The molecule has 3 N–H and O–H groups in total. The highest BCUT2D eigenvalue weighted by Crippen LogP contribution is 2.26. The van der Waals surface area contributed by atoms with Gasteiger partial charge in [0, 0.05) is 13.1 Å². The minimum absolute atomic E-state index is 0.0142. The van der Waals surface area contributed by atoms with Crippen molar-refractivity contribution in [3.8, 4) is 0 Å². The molecule has 1 spiro atoms. The Labute approximate surface area is 104 Å². The van der Waals surface area contributed by atoms with Crippen LogP contribution in [-0.2, 0) is 9.59 Å². The summed E-state index contributed by atoms with van der Waals surface area (Å²) in [6.45, 7) is 2.40. The minimum Gasteiger partial charge on any atom is -0.339 e. The van der Waals surface area contributed by atoms with E-state index in [0.717, 1.165) is 13.0 Å². The Bertz CT molecular complexity index is 419. The molecule has 3 aliphatic rings. The zero-order chi connectivity index (χ0) is 12.8. The summed E-state index contributed by atoms with van der Waals surface area (Å²) in [7, 11) is 0. The standard InChI is InChI=1S/C11H16N4O3/c16-8(7-1-3-12-5-7)15-4-2-11(6-15)9(17)13-10(18)14-11/h7,12H,1-6H2,(H2,13,14,17,18). The largest absolute Gasteiger partial charge is 0.339 e. The van der Waals surface area contributed by atoms with Gasteiger partial charge < -0.3 is 15.5 Å². The molecule has 0 aliphatic carbocycles. The normalized spacial score (nSPS) is 35.1. The van der Waals surface area contributed by atoms with Crippen molar-refractivity contribution in [3.05, 3.63) is 0 Å². The molecule has 7 nitrogen and oxygen atoms in total. The van der Waals surface area contributed by atoms with Gasteiger partial charge in [0.25, 0.3) is 5.91 Å². The van der Waals surface area contributed by atoms with E-state index in [9.17, 15) is 14.4 Å². The molecule has 98 valence electrons. The van der Waals surface area contributed by atoms with Gasteiger partial charge in [-0.25, -0.2) is 4.79 Å². The molecule has 3 rings (SSSR count). The molecule has 7 heteroatoms. The van der Waals surface area contributed by atoms with Crippen LogP contribution in [0.1, 0.15) is 12.8 Å². The number of likely N-dealkylation sites (tertiary alicyclic amines) is 1. The molecule has 0 aromatic heterocycles. The number of carbonyl (C=O) groups excluding carboxylic acids is 3. The van der Waals surface area contributed by atoms with Crippen molar-refractivity contribution in [1.29, 1.82) is 0 Å². The summed E-state index contributed by atoms with van der Waals surface area (Å²) in [5, 5.41) is 8.04. The van der Waals surface area contributed by atoms with Crippen molar-refractivity contribution >= 4 is 17.8 Å². The third kappa shape index (κ3) is 1.66. The third-order valence-electron chi connectivity index (χ3n) is 4.01. The first-order valence-corrected chi connectivity index (χ1v) is 6.24. The van der Waals surface area contributed by atoms with Gasteiger partial charge >= 0.3 is 6.03 Å². The van der Waals surface area contributed by atoms with Crippen LogP contribution in [0.5, 0.6) is 0 Å². The number of rotatable bonds is 1. The summed E-state index contributed by atoms with van der Waals surface area (Å²) < 4.78 is 0. The molecule has 0 bridgehead atoms. The molecule has 3 fully saturated rings. The first kappa shape index (κ1) is 11.5. The van der Waals surface area contributed by atoms with Crippen LogP contribution in [0.4, 0.5) is 4.79 Å². The molecule has 2 unspecified atom stereocenters. The van der Waals surface area contributed by atoms with Crippen molar-refractivity contribution in [3.63, 3.8) is 0 Å². The number of imide groups is 1. The monoisotopic (exact) mass is 252 g/mol. The SMILES string of the molecule is O=C1NC(=O)C2(CCN(C(=O)C3CCNC3)C2)N1. The summed E-state index contributed by atoms with van der Waals surface area (Å²) in [5.74, 6) is -0.210. The summed E-state index contributed by atoms with van der Waals surface area (Å²) in [5.41, 5.74) is -0.890. The summed E-state index contributed by atoms with van der Waals surface area (Å²) >= 11 is 0. The molecule has 3 heterocycles. The van der Waals surface area contributed by atoms with Gasteiger partial charge in [-0.1, -0.05) is 0 Å². The maximum Gasteiger partial charge on any atom is 0.322 e. The Morgan fingerprint density at radius 3 is 2.83 bits per heavy atom. The minimum atomic E-state index is -0.890. The number of hydrogen-bond acceptors (Lipinski definition) is 4. The number of hydrogen-bond donors (Lipinski definition) is 3. The topological polar surface area (TPSA) is 90.5 Å². The van der Waals surface area contributed by atoms with E-state index in [-0.39, 0.29) is 17.7 Å². The van der Waals surface area contributed by atoms with Crippen LogP contribution in [-0.4, -0.2) is 54.5 Å². The van der Waals surface area contributed by atoms with E-state index in [2.05, 4.69) is 16.0 Å². The van der Waals surface area contributed by atoms with Crippen LogP contribution in [0.25, 0.3) is 0 Å². The summed E-state index contributed by atoms with van der Waals surface area (Å²) in [6.07, 6.45) is 1.34. The zero-order valence-corrected chi connectivity index (χ0v) is 9.99. The number of amides is 4. The fourth-order valence-corrected chi connectivity index (χ4v) is 2.94. The van der Waals surface area contributed by atoms with Gasteiger partial charge in [0.05, 0.1) is 12.5 Å². The second kappa shape index (κ2) is 3.94. The molecule has 18 heavy (non-hydrogen) atoms. The second-order valence-electron chi connectivity index (χ2n) is 5.19. The van der Waals surface area contributed by atoms with Crippen molar-refractivity contribution in [2.24, 2.45) is 5.92 Å². The van der Waals surface area contributed by atoms with Crippen LogP contribution >= 0.6 is 0 Å². The van der Waals surface area contributed by atoms with E-state index >= 15 is 0 Å². The smallest absolute Gasteiger partial charge is 0.322 e. The summed E-state index contributed by atoms with van der Waals surface area (Å²) in [4.78, 5) is 36.9. The van der Waals surface area contributed by atoms with Gasteiger partial charge in [-0.3, -0.25) is 14.9 Å². The Hall–Kier alpha value is -1.63. The van der Waals surface area contributed by atoms with E-state index in [4.69, 9.17) is 0 Å². The molecule has 0 radical (unpaired) electrons.